The van der Waals surface area contributed by atoms with Crippen molar-refractivity contribution in [1.29, 1.82) is 0 Å². The third-order valence-corrected chi connectivity index (χ3v) is 3.44. The second-order valence-electron chi connectivity index (χ2n) is 4.69. The quantitative estimate of drug-likeness (QED) is 0.767. The van der Waals surface area contributed by atoms with Crippen LogP contribution in [0.4, 0.5) is 5.69 Å². The molecule has 0 bridgehead atoms. The molecule has 2 aromatic rings. The molecule has 1 radical (unpaired) electrons. The molecule has 0 N–H and O–H groups in total. The molecule has 0 aliphatic carbocycles. The number of ether oxygens (including phenoxy) is 1. The van der Waals surface area contributed by atoms with Crippen LogP contribution in [0.3, 0.4) is 0 Å². The normalized spacial score (nSPS) is 22.2. The highest BCUT2D eigenvalue weighted by molar-refractivity contribution is 5.60. The van der Waals surface area contributed by atoms with Gasteiger partial charge in [0.05, 0.1) is 0 Å². The van der Waals surface area contributed by atoms with Crippen molar-refractivity contribution in [1.82, 2.24) is 0 Å². The van der Waals surface area contributed by atoms with Crippen molar-refractivity contribution < 1.29 is 9.94 Å². The number of hydroxylamine groups is 1. The summed E-state index contributed by atoms with van der Waals surface area (Å²) in [7, 11) is 0. The van der Waals surface area contributed by atoms with Crippen LogP contribution in [0, 0.1) is 0 Å². The SMILES string of the molecule is CC1(c2ccccc2)COc2ccccc2N1[O]. The number of benzene rings is 2. The molecule has 3 heteroatoms. The lowest BCUT2D eigenvalue weighted by molar-refractivity contribution is 0.0396. The highest BCUT2D eigenvalue weighted by Crippen LogP contribution is 2.41. The molecule has 0 saturated heterocycles. The number of anilines is 1. The van der Waals surface area contributed by atoms with Crippen LogP contribution in [-0.2, 0) is 10.7 Å². The summed E-state index contributed by atoms with van der Waals surface area (Å²) in [5.41, 5.74) is 0.889. The Hall–Kier alpha value is -2.00. The van der Waals surface area contributed by atoms with Crippen LogP contribution in [0.5, 0.6) is 5.75 Å². The first-order valence-electron chi connectivity index (χ1n) is 5.96. The molecule has 1 heterocycles. The molecule has 3 rings (SSSR count). The van der Waals surface area contributed by atoms with Gasteiger partial charge >= 0.3 is 0 Å². The lowest BCUT2D eigenvalue weighted by Gasteiger charge is -2.40. The third-order valence-electron chi connectivity index (χ3n) is 3.44. The zero-order chi connectivity index (χ0) is 12.6. The lowest BCUT2D eigenvalue weighted by Crippen LogP contribution is -2.48. The van der Waals surface area contributed by atoms with Gasteiger partial charge in [0.25, 0.3) is 0 Å². The maximum atomic E-state index is 12.6. The first-order chi connectivity index (χ1) is 8.72. The van der Waals surface area contributed by atoms with E-state index in [-0.39, 0.29) is 0 Å². The van der Waals surface area contributed by atoms with Gasteiger partial charge in [-0.2, -0.15) is 0 Å². The summed E-state index contributed by atoms with van der Waals surface area (Å²) >= 11 is 0. The highest BCUT2D eigenvalue weighted by Gasteiger charge is 2.40. The molecule has 0 amide bonds. The first kappa shape index (κ1) is 11.1. The Labute approximate surface area is 106 Å². The number of hydrogen-bond donors (Lipinski definition) is 0. The van der Waals surface area contributed by atoms with Gasteiger partial charge in [-0.3, -0.25) is 0 Å². The Balaban J connectivity index is 2.07. The van der Waals surface area contributed by atoms with E-state index in [1.807, 2.05) is 55.5 Å². The Morgan fingerprint density at radius 3 is 2.50 bits per heavy atom. The average Bonchev–Trinajstić information content (AvgIpc) is 2.44. The molecule has 1 aliphatic heterocycles. The van der Waals surface area contributed by atoms with Crippen LogP contribution in [0.25, 0.3) is 0 Å². The van der Waals surface area contributed by atoms with E-state index in [1.165, 1.54) is 0 Å². The van der Waals surface area contributed by atoms with Crippen LogP contribution < -0.4 is 9.80 Å². The van der Waals surface area contributed by atoms with Gasteiger partial charge in [0, 0.05) is 0 Å². The number of fused-ring (bicyclic) bond motifs is 1. The van der Waals surface area contributed by atoms with E-state index in [1.54, 1.807) is 6.07 Å². The summed E-state index contributed by atoms with van der Waals surface area (Å²) in [6.45, 7) is 2.27. The van der Waals surface area contributed by atoms with Crippen LogP contribution in [0.2, 0.25) is 0 Å². The summed E-state index contributed by atoms with van der Waals surface area (Å²) in [6, 6.07) is 17.1. The van der Waals surface area contributed by atoms with Gasteiger partial charge in [0.15, 0.2) is 0 Å². The predicted octanol–water partition coefficient (Wildman–Crippen LogP) is 3.15. The minimum absolute atomic E-state index is 0.359. The van der Waals surface area contributed by atoms with Crippen LogP contribution in [0.1, 0.15) is 12.5 Å². The molecule has 91 valence electrons. The summed E-state index contributed by atoms with van der Waals surface area (Å²) < 4.78 is 5.72. The Bertz CT molecular complexity index is 555. The van der Waals surface area contributed by atoms with E-state index in [2.05, 4.69) is 0 Å². The number of para-hydroxylation sites is 2. The molecule has 1 unspecified atom stereocenters. The lowest BCUT2D eigenvalue weighted by atomic mass is 9.91. The topological polar surface area (TPSA) is 32.4 Å². The molecule has 0 spiro atoms. The summed E-state index contributed by atoms with van der Waals surface area (Å²) in [5, 5.41) is 13.6. The van der Waals surface area contributed by atoms with Gasteiger partial charge in [-0.1, -0.05) is 47.7 Å². The zero-order valence-electron chi connectivity index (χ0n) is 10.2. The molecule has 0 fully saturated rings. The Morgan fingerprint density at radius 1 is 1.06 bits per heavy atom. The minimum Gasteiger partial charge on any atom is -0.488 e. The second kappa shape index (κ2) is 4.03. The standard InChI is InChI=1S/C15H14NO2/c1-15(12-7-3-2-4-8-12)11-18-14-10-6-5-9-13(14)16(15)17/h2-10H,11H2,1H3. The van der Waals surface area contributed by atoms with Gasteiger partial charge in [-0.05, 0) is 24.6 Å². The van der Waals surface area contributed by atoms with Crippen molar-refractivity contribution in [2.45, 2.75) is 12.5 Å². The number of nitrogens with zero attached hydrogens (tertiary/aromatic N) is 1. The fourth-order valence-corrected chi connectivity index (χ4v) is 2.29. The molecule has 1 atom stereocenters. The Kier molecular flexibility index (Phi) is 2.49. The van der Waals surface area contributed by atoms with Crippen molar-refractivity contribution in [2.24, 2.45) is 0 Å². The van der Waals surface area contributed by atoms with E-state index in [4.69, 9.17) is 4.74 Å². The van der Waals surface area contributed by atoms with Crippen molar-refractivity contribution in [3.05, 3.63) is 60.2 Å². The maximum Gasteiger partial charge on any atom is 0.145 e. The smallest absolute Gasteiger partial charge is 0.145 e. The van der Waals surface area contributed by atoms with Crippen molar-refractivity contribution in [3.8, 4) is 5.75 Å². The van der Waals surface area contributed by atoms with E-state index in [9.17, 15) is 5.21 Å². The van der Waals surface area contributed by atoms with Gasteiger partial charge < -0.3 is 4.74 Å². The van der Waals surface area contributed by atoms with E-state index < -0.39 is 5.54 Å². The molecule has 1 aliphatic rings. The first-order valence-corrected chi connectivity index (χ1v) is 5.96. The molecule has 18 heavy (non-hydrogen) atoms. The van der Waals surface area contributed by atoms with Crippen molar-refractivity contribution >= 4 is 5.69 Å². The second-order valence-corrected chi connectivity index (χ2v) is 4.69. The van der Waals surface area contributed by atoms with E-state index in [0.717, 1.165) is 10.6 Å². The molecule has 0 aromatic heterocycles. The number of hydrogen-bond acceptors (Lipinski definition) is 2. The van der Waals surface area contributed by atoms with Crippen LogP contribution >= 0.6 is 0 Å². The fraction of sp³-hybridized carbons (Fsp3) is 0.200. The molecular formula is C15H14NO2. The summed E-state index contributed by atoms with van der Waals surface area (Å²) in [6.07, 6.45) is 0. The van der Waals surface area contributed by atoms with E-state index in [0.29, 0.717) is 18.0 Å². The highest BCUT2D eigenvalue weighted by atomic mass is 16.5. The van der Waals surface area contributed by atoms with Crippen molar-refractivity contribution in [2.75, 3.05) is 11.7 Å². The molecule has 0 saturated carbocycles. The number of rotatable bonds is 1. The maximum absolute atomic E-state index is 12.6. The summed E-state index contributed by atoms with van der Waals surface area (Å²) in [4.78, 5) is 0. The monoisotopic (exact) mass is 240 g/mol. The molecular weight excluding hydrogens is 226 g/mol. The average molecular weight is 240 g/mol. The van der Waals surface area contributed by atoms with Crippen LogP contribution in [0.15, 0.2) is 54.6 Å². The Morgan fingerprint density at radius 2 is 1.72 bits per heavy atom. The van der Waals surface area contributed by atoms with Gasteiger partial charge in [0.2, 0.25) is 0 Å². The minimum atomic E-state index is -0.671. The van der Waals surface area contributed by atoms with Gasteiger partial charge in [0.1, 0.15) is 23.6 Å². The van der Waals surface area contributed by atoms with Gasteiger partial charge in [-0.15, -0.1) is 0 Å². The largest absolute Gasteiger partial charge is 0.488 e. The molecule has 2 aromatic carbocycles. The molecule has 3 nitrogen and oxygen atoms in total. The predicted molar refractivity (Wildman–Crippen MR) is 68.9 cm³/mol. The fourth-order valence-electron chi connectivity index (χ4n) is 2.29. The van der Waals surface area contributed by atoms with Crippen LogP contribution in [-0.4, -0.2) is 6.61 Å². The summed E-state index contributed by atoms with van der Waals surface area (Å²) in [5.74, 6) is 0.654. The third kappa shape index (κ3) is 1.56. The van der Waals surface area contributed by atoms with Crippen molar-refractivity contribution in [3.63, 3.8) is 0 Å². The zero-order valence-corrected chi connectivity index (χ0v) is 10.2. The van der Waals surface area contributed by atoms with E-state index >= 15 is 0 Å². The van der Waals surface area contributed by atoms with Gasteiger partial charge in [-0.25, -0.2) is 5.06 Å².